The Labute approximate surface area is 96.2 Å². The van der Waals surface area contributed by atoms with Gasteiger partial charge in [0, 0.05) is 18.9 Å². The molecule has 0 amide bonds. The van der Waals surface area contributed by atoms with Gasteiger partial charge >= 0.3 is 0 Å². The molecule has 1 atom stereocenters. The van der Waals surface area contributed by atoms with Crippen molar-refractivity contribution < 1.29 is 9.84 Å². The Morgan fingerprint density at radius 1 is 1.50 bits per heavy atom. The van der Waals surface area contributed by atoms with Gasteiger partial charge in [0.1, 0.15) is 0 Å². The molecule has 0 saturated carbocycles. The molecule has 1 aliphatic heterocycles. The quantitative estimate of drug-likeness (QED) is 0.844. The largest absolute Gasteiger partial charge is 0.396 e. The molecule has 2 heterocycles. The lowest BCUT2D eigenvalue weighted by Crippen LogP contribution is -2.23. The Hall–Kier alpha value is -0.870. The molecular weight excluding hydrogens is 204 g/mol. The van der Waals surface area contributed by atoms with Crippen LogP contribution < -0.4 is 0 Å². The summed E-state index contributed by atoms with van der Waals surface area (Å²) in [5.41, 5.74) is 3.41. The number of hydrogen-bond acceptors (Lipinski definition) is 3. The Balaban J connectivity index is 2.23. The molecule has 1 aromatic rings. The van der Waals surface area contributed by atoms with Crippen molar-refractivity contribution in [2.45, 2.75) is 39.2 Å². The van der Waals surface area contributed by atoms with Gasteiger partial charge in [-0.05, 0) is 38.7 Å². The molecule has 0 bridgehead atoms. The molecule has 1 aromatic heterocycles. The summed E-state index contributed by atoms with van der Waals surface area (Å²) in [5, 5.41) is 13.6. The van der Waals surface area contributed by atoms with Crippen LogP contribution in [0.3, 0.4) is 0 Å². The van der Waals surface area contributed by atoms with Crippen molar-refractivity contribution in [3.05, 3.63) is 17.0 Å². The zero-order chi connectivity index (χ0) is 11.5. The van der Waals surface area contributed by atoms with Crippen LogP contribution >= 0.6 is 0 Å². The van der Waals surface area contributed by atoms with Crippen molar-refractivity contribution in [1.82, 2.24) is 9.78 Å². The Morgan fingerprint density at radius 2 is 2.31 bits per heavy atom. The lowest BCUT2D eigenvalue weighted by molar-refractivity contribution is 0.0541. The van der Waals surface area contributed by atoms with Crippen molar-refractivity contribution in [1.29, 1.82) is 0 Å². The number of hydrogen-bond donors (Lipinski definition) is 1. The highest BCUT2D eigenvalue weighted by atomic mass is 16.5. The van der Waals surface area contributed by atoms with Crippen molar-refractivity contribution in [3.8, 4) is 0 Å². The molecule has 4 nitrogen and oxygen atoms in total. The molecule has 1 saturated heterocycles. The summed E-state index contributed by atoms with van der Waals surface area (Å²) in [6.45, 7) is 5.92. The van der Waals surface area contributed by atoms with Crippen LogP contribution in [-0.2, 0) is 11.2 Å². The highest BCUT2D eigenvalue weighted by Gasteiger charge is 2.20. The number of aryl methyl sites for hydroxylation is 1. The summed E-state index contributed by atoms with van der Waals surface area (Å²) in [6.07, 6.45) is 2.95. The number of aliphatic hydroxyl groups excluding tert-OH is 1. The van der Waals surface area contributed by atoms with Crippen molar-refractivity contribution >= 4 is 0 Å². The van der Waals surface area contributed by atoms with Gasteiger partial charge in [-0.15, -0.1) is 0 Å². The van der Waals surface area contributed by atoms with Crippen LogP contribution in [-0.4, -0.2) is 34.7 Å². The zero-order valence-electron chi connectivity index (χ0n) is 10.1. The topological polar surface area (TPSA) is 47.3 Å². The van der Waals surface area contributed by atoms with E-state index < -0.39 is 0 Å². The zero-order valence-corrected chi connectivity index (χ0v) is 10.1. The first-order chi connectivity index (χ1) is 7.74. The summed E-state index contributed by atoms with van der Waals surface area (Å²) >= 11 is 0. The second-order valence-electron chi connectivity index (χ2n) is 4.44. The predicted octanol–water partition coefficient (Wildman–Crippen LogP) is 1.39. The van der Waals surface area contributed by atoms with Gasteiger partial charge < -0.3 is 9.84 Å². The summed E-state index contributed by atoms with van der Waals surface area (Å²) < 4.78 is 7.57. The number of nitrogens with zero attached hydrogens (tertiary/aromatic N) is 2. The van der Waals surface area contributed by atoms with E-state index in [0.717, 1.165) is 31.7 Å². The standard InChI is InChI=1S/C12H20N2O2/c1-9-12(5-6-15)10(2)14(13-9)11-4-3-7-16-8-11/h11,15H,3-8H2,1-2H3. The van der Waals surface area contributed by atoms with E-state index in [2.05, 4.69) is 16.7 Å². The van der Waals surface area contributed by atoms with Crippen LogP contribution in [0.15, 0.2) is 0 Å². The number of ether oxygens (including phenoxy) is 1. The van der Waals surface area contributed by atoms with E-state index in [1.807, 2.05) is 6.92 Å². The van der Waals surface area contributed by atoms with E-state index in [0.29, 0.717) is 12.5 Å². The van der Waals surface area contributed by atoms with Crippen molar-refractivity contribution in [3.63, 3.8) is 0 Å². The number of aliphatic hydroxyl groups is 1. The summed E-state index contributed by atoms with van der Waals surface area (Å²) in [5.74, 6) is 0. The lowest BCUT2D eigenvalue weighted by atomic mass is 10.1. The first kappa shape index (κ1) is 11.6. The first-order valence-corrected chi connectivity index (χ1v) is 5.97. The minimum absolute atomic E-state index is 0.189. The summed E-state index contributed by atoms with van der Waals surface area (Å²) in [4.78, 5) is 0. The van der Waals surface area contributed by atoms with Gasteiger partial charge in [-0.25, -0.2) is 0 Å². The third-order valence-electron chi connectivity index (χ3n) is 3.32. The molecular formula is C12H20N2O2. The van der Waals surface area contributed by atoms with Crippen molar-refractivity contribution in [2.24, 2.45) is 0 Å². The average molecular weight is 224 g/mol. The van der Waals surface area contributed by atoms with E-state index in [-0.39, 0.29) is 6.61 Å². The monoisotopic (exact) mass is 224 g/mol. The van der Waals surface area contributed by atoms with Gasteiger partial charge in [-0.3, -0.25) is 4.68 Å². The summed E-state index contributed by atoms with van der Waals surface area (Å²) in [7, 11) is 0. The van der Waals surface area contributed by atoms with E-state index in [1.54, 1.807) is 0 Å². The van der Waals surface area contributed by atoms with Crippen molar-refractivity contribution in [2.75, 3.05) is 19.8 Å². The fraction of sp³-hybridized carbons (Fsp3) is 0.750. The van der Waals surface area contributed by atoms with E-state index >= 15 is 0 Å². The maximum Gasteiger partial charge on any atom is 0.0756 e. The number of aromatic nitrogens is 2. The molecule has 0 radical (unpaired) electrons. The minimum Gasteiger partial charge on any atom is -0.396 e. The minimum atomic E-state index is 0.189. The van der Waals surface area contributed by atoms with Gasteiger partial charge in [0.05, 0.1) is 18.3 Å². The van der Waals surface area contributed by atoms with Crippen LogP contribution in [0, 0.1) is 13.8 Å². The molecule has 1 N–H and O–H groups in total. The molecule has 1 unspecified atom stereocenters. The first-order valence-electron chi connectivity index (χ1n) is 5.97. The second-order valence-corrected chi connectivity index (χ2v) is 4.44. The van der Waals surface area contributed by atoms with Crippen LogP contribution in [0.4, 0.5) is 0 Å². The molecule has 4 heteroatoms. The highest BCUT2D eigenvalue weighted by Crippen LogP contribution is 2.23. The molecule has 1 aliphatic rings. The second kappa shape index (κ2) is 4.97. The molecule has 0 aromatic carbocycles. The fourth-order valence-electron chi connectivity index (χ4n) is 2.44. The van der Waals surface area contributed by atoms with Gasteiger partial charge in [0.25, 0.3) is 0 Å². The molecule has 2 rings (SSSR count). The van der Waals surface area contributed by atoms with Gasteiger partial charge in [0.2, 0.25) is 0 Å². The molecule has 0 spiro atoms. The maximum atomic E-state index is 9.03. The Morgan fingerprint density at radius 3 is 2.94 bits per heavy atom. The highest BCUT2D eigenvalue weighted by molar-refractivity contribution is 5.25. The molecule has 1 fully saturated rings. The predicted molar refractivity (Wildman–Crippen MR) is 61.6 cm³/mol. The fourth-order valence-corrected chi connectivity index (χ4v) is 2.44. The van der Waals surface area contributed by atoms with Crippen LogP contribution in [0.5, 0.6) is 0 Å². The van der Waals surface area contributed by atoms with E-state index in [1.165, 1.54) is 11.3 Å². The summed E-state index contributed by atoms with van der Waals surface area (Å²) in [6, 6.07) is 0.375. The van der Waals surface area contributed by atoms with E-state index in [4.69, 9.17) is 9.84 Å². The van der Waals surface area contributed by atoms with Gasteiger partial charge in [0.15, 0.2) is 0 Å². The normalized spacial score (nSPS) is 21.3. The van der Waals surface area contributed by atoms with Crippen LogP contribution in [0.2, 0.25) is 0 Å². The third-order valence-corrected chi connectivity index (χ3v) is 3.32. The van der Waals surface area contributed by atoms with E-state index in [9.17, 15) is 0 Å². The maximum absolute atomic E-state index is 9.03. The van der Waals surface area contributed by atoms with Crippen LogP contribution in [0.25, 0.3) is 0 Å². The average Bonchev–Trinajstić information content (AvgIpc) is 2.59. The number of rotatable bonds is 3. The SMILES string of the molecule is Cc1nn(C2CCCOC2)c(C)c1CCO. The smallest absolute Gasteiger partial charge is 0.0756 e. The van der Waals surface area contributed by atoms with Gasteiger partial charge in [-0.1, -0.05) is 0 Å². The Kier molecular flexibility index (Phi) is 3.61. The molecule has 90 valence electrons. The van der Waals surface area contributed by atoms with Gasteiger partial charge in [-0.2, -0.15) is 5.10 Å². The Bertz CT molecular complexity index is 354. The third kappa shape index (κ3) is 2.13. The van der Waals surface area contributed by atoms with Crippen LogP contribution in [0.1, 0.15) is 35.8 Å². The lowest BCUT2D eigenvalue weighted by Gasteiger charge is -2.23. The molecule has 16 heavy (non-hydrogen) atoms. The molecule has 0 aliphatic carbocycles.